The van der Waals surface area contributed by atoms with Gasteiger partial charge in [-0.3, -0.25) is 14.4 Å². The number of fused-ring (bicyclic) bond motifs is 3. The molecule has 86 heavy (non-hydrogen) atoms. The number of nitriles is 1. The van der Waals surface area contributed by atoms with Gasteiger partial charge in [-0.2, -0.15) is 5.26 Å². The quantitative estimate of drug-likeness (QED) is 0.0662. The van der Waals surface area contributed by atoms with Crippen molar-refractivity contribution in [3.63, 3.8) is 0 Å². The Labute approximate surface area is 511 Å². The first-order chi connectivity index (χ1) is 41.2. The first-order valence-corrected chi connectivity index (χ1v) is 28.6. The molecule has 6 N–H and O–H groups in total. The molecule has 0 saturated carbocycles. The Morgan fingerprint density at radius 1 is 0.547 bits per heavy atom. The highest BCUT2D eigenvalue weighted by molar-refractivity contribution is 9.10. The minimum absolute atomic E-state index is 0.0389. The van der Waals surface area contributed by atoms with Crippen LogP contribution in [0.3, 0.4) is 0 Å². The largest absolute Gasteiger partial charge is 0.478 e. The summed E-state index contributed by atoms with van der Waals surface area (Å²) in [4.78, 5) is 86.4. The molecule has 27 heteroatoms. The van der Waals surface area contributed by atoms with Gasteiger partial charge in [-0.1, -0.05) is 87.7 Å². The second-order valence-electron chi connectivity index (χ2n) is 17.9. The number of aryl methyl sites for hydroxylation is 1. The van der Waals surface area contributed by atoms with Crippen LogP contribution in [0.25, 0.3) is 64.6 Å². The zero-order valence-corrected chi connectivity index (χ0v) is 48.7. The van der Waals surface area contributed by atoms with Crippen LogP contribution in [0.4, 0.5) is 25.8 Å². The number of para-hydroxylation sites is 2. The van der Waals surface area contributed by atoms with Gasteiger partial charge in [0.1, 0.15) is 39.3 Å². The summed E-state index contributed by atoms with van der Waals surface area (Å²) < 4.78 is 44.6. The van der Waals surface area contributed by atoms with E-state index in [4.69, 9.17) is 41.7 Å². The maximum absolute atomic E-state index is 14.0. The van der Waals surface area contributed by atoms with Crippen LogP contribution in [-0.2, 0) is 0 Å². The highest BCUT2D eigenvalue weighted by Gasteiger charge is 2.28. The molecule has 0 aliphatic carbocycles. The van der Waals surface area contributed by atoms with Gasteiger partial charge in [-0.15, -0.1) is 34.0 Å². The standard InChI is InChI=1S/C20H12ClFN2O4S.C20H10ClN3O4S.C19H10BrFN2O4S/c1-9-6-12(22)16-14(7-9)28-19(24-16)18(25)23-13-8-29-17(15(13)20(26)27)10-2-4-11(21)5-3-10;21-12-6-4-10(5-7-12)17-15(20(26)27)14(9-29-17)23-18(25)19-24-13-3-1-2-11(8-22)16(13)28-19;20-10-6-4-9(5-7-10)16-14(19(25)26)13(8-28-16)22-17(24)18-23-12-3-1-2-11(21)15(12)27-18/h2-8H,1H3,(H,23,25)(H,26,27);1-7,9H,(H,23,25)(H,26,27);1-8H,(H,22,24)(H,25,26). The molecular formula is C59H32BrCl2F2N7O12S3. The molecule has 0 spiro atoms. The zero-order chi connectivity index (χ0) is 61.1. The molecule has 428 valence electrons. The molecular weight excluding hydrogens is 1280 g/mol. The molecule has 0 bridgehead atoms. The lowest BCUT2D eigenvalue weighted by Gasteiger charge is -2.04. The number of aromatic nitrogens is 3. The van der Waals surface area contributed by atoms with Crippen LogP contribution < -0.4 is 16.0 Å². The van der Waals surface area contributed by atoms with Gasteiger partial charge in [-0.05, 0) is 102 Å². The summed E-state index contributed by atoms with van der Waals surface area (Å²) in [5.41, 5.74) is 3.78. The predicted molar refractivity (Wildman–Crippen MR) is 323 cm³/mol. The van der Waals surface area contributed by atoms with Gasteiger partial charge in [0.2, 0.25) is 0 Å². The van der Waals surface area contributed by atoms with E-state index in [9.17, 15) is 52.9 Å². The molecule has 0 fully saturated rings. The summed E-state index contributed by atoms with van der Waals surface area (Å²) in [6.45, 7) is 1.69. The van der Waals surface area contributed by atoms with Crippen LogP contribution >= 0.6 is 73.1 Å². The lowest BCUT2D eigenvalue weighted by atomic mass is 10.1. The van der Waals surface area contributed by atoms with Crippen molar-refractivity contribution in [1.82, 2.24) is 15.0 Å². The lowest BCUT2D eigenvalue weighted by Crippen LogP contribution is -2.14. The topological polar surface area (TPSA) is 301 Å². The average Bonchev–Trinajstić information content (AvgIpc) is 3.37. The summed E-state index contributed by atoms with van der Waals surface area (Å²) in [6, 6.07) is 34.3. The van der Waals surface area contributed by atoms with E-state index in [0.29, 0.717) is 52.4 Å². The molecule has 12 aromatic rings. The number of carboxylic acid groups (broad SMARTS) is 3. The van der Waals surface area contributed by atoms with Gasteiger partial charge in [0, 0.05) is 30.7 Å². The van der Waals surface area contributed by atoms with Crippen molar-refractivity contribution < 1.29 is 66.1 Å². The molecule has 0 radical (unpaired) electrons. The van der Waals surface area contributed by atoms with Gasteiger partial charge < -0.3 is 44.5 Å². The number of rotatable bonds is 12. The molecule has 6 aromatic heterocycles. The highest BCUT2D eigenvalue weighted by atomic mass is 79.9. The number of hydrogen-bond acceptors (Lipinski definition) is 16. The van der Waals surface area contributed by atoms with E-state index in [1.807, 2.05) is 6.07 Å². The average molecular weight is 1320 g/mol. The number of aromatic carboxylic acids is 3. The summed E-state index contributed by atoms with van der Waals surface area (Å²) in [7, 11) is 0. The number of carbonyl (C=O) groups is 6. The SMILES string of the molecule is Cc1cc(F)c2nc(C(=O)Nc3csc(-c4ccc(Cl)cc4)c3C(=O)O)oc2c1.N#Cc1cccc2nc(C(=O)Nc3csc(-c4ccc(Cl)cc4)c3C(=O)O)oc12.O=C(Nc1csc(-c2ccc(Br)cc2)c1C(=O)O)c1nc2cccc(F)c2o1. The van der Waals surface area contributed by atoms with Gasteiger partial charge in [0.05, 0.1) is 37.3 Å². The molecule has 0 saturated heterocycles. The Kier molecular flexibility index (Phi) is 17.3. The van der Waals surface area contributed by atoms with Crippen LogP contribution in [0.15, 0.2) is 155 Å². The zero-order valence-electron chi connectivity index (χ0n) is 43.2. The number of nitrogens with one attached hydrogen (secondary N) is 3. The fourth-order valence-electron chi connectivity index (χ4n) is 8.32. The number of carboxylic acids is 3. The Hall–Kier alpha value is -9.94. The maximum atomic E-state index is 14.0. The van der Waals surface area contributed by atoms with E-state index in [1.54, 1.807) is 104 Å². The molecule has 0 unspecified atom stereocenters. The molecule has 19 nitrogen and oxygen atoms in total. The predicted octanol–water partition coefficient (Wildman–Crippen LogP) is 16.0. The molecule has 0 aliphatic rings. The van der Waals surface area contributed by atoms with E-state index >= 15 is 0 Å². The number of thiophene rings is 3. The number of amides is 3. The smallest absolute Gasteiger partial charge is 0.339 e. The molecule has 12 rings (SSSR count). The number of benzene rings is 6. The van der Waals surface area contributed by atoms with Crippen LogP contribution in [0.2, 0.25) is 10.0 Å². The second kappa shape index (κ2) is 25.1. The van der Waals surface area contributed by atoms with Crippen molar-refractivity contribution in [1.29, 1.82) is 5.26 Å². The van der Waals surface area contributed by atoms with Crippen LogP contribution in [0.5, 0.6) is 0 Å². The number of oxazole rings is 3. The lowest BCUT2D eigenvalue weighted by molar-refractivity contribution is 0.0688. The van der Waals surface area contributed by atoms with Gasteiger partial charge in [0.25, 0.3) is 17.7 Å². The number of nitrogens with zero attached hydrogens (tertiary/aromatic N) is 4. The number of halogens is 5. The van der Waals surface area contributed by atoms with E-state index in [1.165, 1.54) is 63.1 Å². The molecule has 0 aliphatic heterocycles. The molecule has 3 amide bonds. The van der Waals surface area contributed by atoms with Crippen molar-refractivity contribution in [2.75, 3.05) is 16.0 Å². The van der Waals surface area contributed by atoms with Crippen molar-refractivity contribution >= 4 is 159 Å². The van der Waals surface area contributed by atoms with Gasteiger partial charge in [0.15, 0.2) is 28.4 Å². The molecule has 0 atom stereocenters. The minimum Gasteiger partial charge on any atom is -0.478 e. The fourth-order valence-corrected chi connectivity index (χ4v) is 11.8. The summed E-state index contributed by atoms with van der Waals surface area (Å²) >= 11 is 18.6. The Morgan fingerprint density at radius 2 is 0.953 bits per heavy atom. The fraction of sp³-hybridized carbons (Fsp3) is 0.0169. The van der Waals surface area contributed by atoms with Crippen LogP contribution in [0.1, 0.15) is 74.3 Å². The van der Waals surface area contributed by atoms with Gasteiger partial charge in [-0.25, -0.2) is 38.1 Å². The number of hydrogen-bond donors (Lipinski definition) is 6. The summed E-state index contributed by atoms with van der Waals surface area (Å²) in [5, 5.41) is 51.3. The number of anilines is 3. The van der Waals surface area contributed by atoms with Crippen LogP contribution in [-0.4, -0.2) is 65.9 Å². The third kappa shape index (κ3) is 12.6. The van der Waals surface area contributed by atoms with E-state index in [0.717, 1.165) is 15.8 Å². The maximum Gasteiger partial charge on any atom is 0.339 e. The Morgan fingerprint density at radius 3 is 1.38 bits per heavy atom. The van der Waals surface area contributed by atoms with Crippen molar-refractivity contribution in [2.24, 2.45) is 0 Å². The minimum atomic E-state index is -1.20. The highest BCUT2D eigenvalue weighted by Crippen LogP contribution is 2.40. The molecule has 6 aromatic carbocycles. The van der Waals surface area contributed by atoms with Crippen molar-refractivity contribution in [3.05, 3.63) is 209 Å². The number of carbonyl (C=O) groups excluding carboxylic acids is 3. The first-order valence-electron chi connectivity index (χ1n) is 24.4. The Bertz CT molecular complexity index is 4730. The van der Waals surface area contributed by atoms with Gasteiger partial charge >= 0.3 is 35.6 Å². The van der Waals surface area contributed by atoms with Crippen molar-refractivity contribution in [2.45, 2.75) is 6.92 Å². The summed E-state index contributed by atoms with van der Waals surface area (Å²) in [6.07, 6.45) is 0. The normalized spacial score (nSPS) is 10.8. The summed E-state index contributed by atoms with van der Waals surface area (Å²) in [5.74, 6) is -8.05. The van der Waals surface area contributed by atoms with Crippen LogP contribution in [0, 0.1) is 29.9 Å². The molecule has 6 heterocycles. The second-order valence-corrected chi connectivity index (χ2v) is 22.3. The van der Waals surface area contributed by atoms with Crippen molar-refractivity contribution in [3.8, 4) is 37.4 Å². The van der Waals surface area contributed by atoms with E-state index in [2.05, 4.69) is 46.8 Å². The third-order valence-electron chi connectivity index (χ3n) is 12.2. The Balaban J connectivity index is 0.000000143. The van der Waals surface area contributed by atoms with E-state index in [-0.39, 0.29) is 84.8 Å². The monoisotopic (exact) mass is 1310 g/mol. The first kappa shape index (κ1) is 59.2. The third-order valence-corrected chi connectivity index (χ3v) is 16.3. The van der Waals surface area contributed by atoms with E-state index < -0.39 is 47.3 Å².